The van der Waals surface area contributed by atoms with E-state index in [2.05, 4.69) is 4.98 Å². The lowest BCUT2D eigenvalue weighted by Crippen LogP contribution is -2.30. The topological polar surface area (TPSA) is 59.5 Å². The summed E-state index contributed by atoms with van der Waals surface area (Å²) in [6.07, 6.45) is 4.29. The van der Waals surface area contributed by atoms with E-state index >= 15 is 0 Å². The van der Waals surface area contributed by atoms with Crippen molar-refractivity contribution in [3.8, 4) is 0 Å². The molecule has 2 heterocycles. The summed E-state index contributed by atoms with van der Waals surface area (Å²) in [5.41, 5.74) is 0.699. The minimum absolute atomic E-state index is 0.142. The number of carbonyl (C=O) groups excluding carboxylic acids is 2. The molecular formula is C15H16N2O3S2. The van der Waals surface area contributed by atoms with Gasteiger partial charge in [0.05, 0.1) is 23.6 Å². The van der Waals surface area contributed by atoms with Gasteiger partial charge < -0.3 is 4.74 Å². The first-order valence-electron chi connectivity index (χ1n) is 6.94. The Morgan fingerprint density at radius 3 is 3.00 bits per heavy atom. The maximum atomic E-state index is 12.3. The summed E-state index contributed by atoms with van der Waals surface area (Å²) < 4.78 is 5.45. The van der Waals surface area contributed by atoms with E-state index in [9.17, 15) is 9.59 Å². The Hall–Kier alpha value is -1.73. The van der Waals surface area contributed by atoms with E-state index in [4.69, 9.17) is 17.0 Å². The van der Waals surface area contributed by atoms with E-state index in [1.165, 1.54) is 16.7 Å². The average Bonchev–Trinajstić information content (AvgIpc) is 2.78. The Kier molecular flexibility index (Phi) is 6.09. The Labute approximate surface area is 138 Å². The van der Waals surface area contributed by atoms with Crippen molar-refractivity contribution >= 4 is 46.3 Å². The molecule has 0 spiro atoms. The van der Waals surface area contributed by atoms with E-state index < -0.39 is 0 Å². The molecule has 116 valence electrons. The van der Waals surface area contributed by atoms with Gasteiger partial charge in [0.2, 0.25) is 0 Å². The van der Waals surface area contributed by atoms with Crippen LogP contribution in [0.4, 0.5) is 0 Å². The molecule has 0 radical (unpaired) electrons. The monoisotopic (exact) mass is 336 g/mol. The van der Waals surface area contributed by atoms with Crippen LogP contribution < -0.4 is 0 Å². The molecule has 7 heteroatoms. The van der Waals surface area contributed by atoms with Gasteiger partial charge >= 0.3 is 5.97 Å². The van der Waals surface area contributed by atoms with Crippen molar-refractivity contribution in [1.82, 2.24) is 9.88 Å². The summed E-state index contributed by atoms with van der Waals surface area (Å²) in [4.78, 5) is 29.9. The first kappa shape index (κ1) is 16.6. The van der Waals surface area contributed by atoms with E-state index in [1.807, 2.05) is 25.1 Å². The zero-order valence-electron chi connectivity index (χ0n) is 12.2. The number of ether oxygens (including phenoxy) is 1. The van der Waals surface area contributed by atoms with Crippen molar-refractivity contribution in [3.05, 3.63) is 35.0 Å². The number of aromatic nitrogens is 1. The van der Waals surface area contributed by atoms with Crippen LogP contribution in [-0.4, -0.2) is 39.2 Å². The SMILES string of the molecule is CCCOC(=O)CCN1C(=O)/C(=C/c2ccccn2)SC1=S. The third kappa shape index (κ3) is 4.38. The molecule has 0 bridgehead atoms. The normalized spacial score (nSPS) is 16.4. The summed E-state index contributed by atoms with van der Waals surface area (Å²) in [6.45, 7) is 2.57. The third-order valence-corrected chi connectivity index (χ3v) is 4.22. The minimum Gasteiger partial charge on any atom is -0.466 e. The van der Waals surface area contributed by atoms with Crippen molar-refractivity contribution in [2.75, 3.05) is 13.2 Å². The largest absolute Gasteiger partial charge is 0.466 e. The van der Waals surface area contributed by atoms with Crippen molar-refractivity contribution < 1.29 is 14.3 Å². The zero-order valence-corrected chi connectivity index (χ0v) is 13.8. The molecule has 0 aromatic carbocycles. The molecule has 1 aliphatic rings. The second-order valence-electron chi connectivity index (χ2n) is 4.56. The second kappa shape index (κ2) is 8.05. The fourth-order valence-electron chi connectivity index (χ4n) is 1.78. The molecule has 0 unspecified atom stereocenters. The first-order valence-corrected chi connectivity index (χ1v) is 8.16. The van der Waals surface area contributed by atoms with Crippen LogP contribution >= 0.6 is 24.0 Å². The lowest BCUT2D eigenvalue weighted by Gasteiger charge is -2.13. The molecule has 1 amide bonds. The van der Waals surface area contributed by atoms with Gasteiger partial charge in [-0.3, -0.25) is 19.5 Å². The lowest BCUT2D eigenvalue weighted by molar-refractivity contribution is -0.143. The summed E-state index contributed by atoms with van der Waals surface area (Å²) in [7, 11) is 0. The van der Waals surface area contributed by atoms with E-state index in [0.717, 1.165) is 6.42 Å². The van der Waals surface area contributed by atoms with Crippen LogP contribution in [0, 0.1) is 0 Å². The van der Waals surface area contributed by atoms with Gasteiger partial charge in [0.25, 0.3) is 5.91 Å². The Morgan fingerprint density at radius 2 is 2.32 bits per heavy atom. The molecule has 1 fully saturated rings. The fraction of sp³-hybridized carbons (Fsp3) is 0.333. The average molecular weight is 336 g/mol. The van der Waals surface area contributed by atoms with E-state index in [1.54, 1.807) is 12.3 Å². The smallest absolute Gasteiger partial charge is 0.307 e. The molecule has 0 N–H and O–H groups in total. The van der Waals surface area contributed by atoms with E-state index in [-0.39, 0.29) is 24.8 Å². The van der Waals surface area contributed by atoms with Gasteiger partial charge in [-0.15, -0.1) is 0 Å². The van der Waals surface area contributed by atoms with Crippen LogP contribution in [0.2, 0.25) is 0 Å². The van der Waals surface area contributed by atoms with Gasteiger partial charge in [0, 0.05) is 12.7 Å². The lowest BCUT2D eigenvalue weighted by atomic mass is 10.3. The van der Waals surface area contributed by atoms with Crippen molar-refractivity contribution in [3.63, 3.8) is 0 Å². The molecular weight excluding hydrogens is 320 g/mol. The number of thioether (sulfide) groups is 1. The van der Waals surface area contributed by atoms with Crippen LogP contribution in [0.15, 0.2) is 29.3 Å². The predicted octanol–water partition coefficient (Wildman–Crippen LogP) is 2.63. The first-order chi connectivity index (χ1) is 10.6. The summed E-state index contributed by atoms with van der Waals surface area (Å²) >= 11 is 6.43. The number of esters is 1. The van der Waals surface area contributed by atoms with Gasteiger partial charge in [-0.2, -0.15) is 0 Å². The van der Waals surface area contributed by atoms with Crippen molar-refractivity contribution in [1.29, 1.82) is 0 Å². The van der Waals surface area contributed by atoms with Crippen LogP contribution in [0.5, 0.6) is 0 Å². The molecule has 0 aliphatic carbocycles. The van der Waals surface area contributed by atoms with Gasteiger partial charge in [-0.05, 0) is 24.6 Å². The molecule has 0 saturated carbocycles. The molecule has 1 saturated heterocycles. The number of hydrogen-bond acceptors (Lipinski definition) is 6. The van der Waals surface area contributed by atoms with Crippen LogP contribution in [0.25, 0.3) is 6.08 Å². The van der Waals surface area contributed by atoms with Crippen molar-refractivity contribution in [2.24, 2.45) is 0 Å². The summed E-state index contributed by atoms with van der Waals surface area (Å²) in [5.74, 6) is -0.506. The maximum Gasteiger partial charge on any atom is 0.307 e. The Bertz CT molecular complexity index is 602. The van der Waals surface area contributed by atoms with Gasteiger partial charge in [-0.25, -0.2) is 0 Å². The molecule has 2 rings (SSSR count). The van der Waals surface area contributed by atoms with Crippen LogP contribution in [-0.2, 0) is 14.3 Å². The van der Waals surface area contributed by atoms with Gasteiger partial charge in [0.15, 0.2) is 0 Å². The summed E-state index contributed by atoms with van der Waals surface area (Å²) in [5, 5.41) is 0. The molecule has 1 aromatic rings. The number of carbonyl (C=O) groups is 2. The highest BCUT2D eigenvalue weighted by Gasteiger charge is 2.32. The Morgan fingerprint density at radius 1 is 1.50 bits per heavy atom. The predicted molar refractivity (Wildman–Crippen MR) is 90.0 cm³/mol. The van der Waals surface area contributed by atoms with Gasteiger partial charge in [0.1, 0.15) is 4.32 Å². The summed E-state index contributed by atoms with van der Waals surface area (Å²) in [6, 6.07) is 5.47. The molecule has 1 aliphatic heterocycles. The van der Waals surface area contributed by atoms with Crippen LogP contribution in [0.1, 0.15) is 25.5 Å². The third-order valence-electron chi connectivity index (χ3n) is 2.85. The maximum absolute atomic E-state index is 12.3. The highest BCUT2D eigenvalue weighted by molar-refractivity contribution is 8.26. The highest BCUT2D eigenvalue weighted by Crippen LogP contribution is 2.32. The van der Waals surface area contributed by atoms with Crippen molar-refractivity contribution in [2.45, 2.75) is 19.8 Å². The van der Waals surface area contributed by atoms with Crippen LogP contribution in [0.3, 0.4) is 0 Å². The Balaban J connectivity index is 1.97. The number of amides is 1. The highest BCUT2D eigenvalue weighted by atomic mass is 32.2. The number of rotatable bonds is 6. The standard InChI is InChI=1S/C15H16N2O3S2/c1-2-9-20-13(18)6-8-17-14(19)12(22-15(17)21)10-11-5-3-4-7-16-11/h3-5,7,10H,2,6,8-9H2,1H3/b12-10-. The molecule has 5 nitrogen and oxygen atoms in total. The zero-order chi connectivity index (χ0) is 15.9. The number of thiocarbonyl (C=S) groups is 1. The molecule has 1 aromatic heterocycles. The van der Waals surface area contributed by atoms with E-state index in [0.29, 0.717) is 21.5 Å². The number of nitrogens with zero attached hydrogens (tertiary/aromatic N) is 2. The fourth-order valence-corrected chi connectivity index (χ4v) is 3.07. The molecule has 22 heavy (non-hydrogen) atoms. The van der Waals surface area contributed by atoms with Gasteiger partial charge in [-0.1, -0.05) is 37.0 Å². The minimum atomic E-state index is -0.315. The number of pyridine rings is 1. The second-order valence-corrected chi connectivity index (χ2v) is 6.23. The number of hydrogen-bond donors (Lipinski definition) is 0. The molecule has 0 atom stereocenters. The quantitative estimate of drug-likeness (QED) is 0.452.